The highest BCUT2D eigenvalue weighted by molar-refractivity contribution is 7.89. The molecular weight excluding hydrogens is 416 g/mol. The van der Waals surface area contributed by atoms with Crippen molar-refractivity contribution >= 4 is 15.9 Å². The predicted octanol–water partition coefficient (Wildman–Crippen LogP) is 2.72. The highest BCUT2D eigenvalue weighted by atomic mass is 32.2. The van der Waals surface area contributed by atoms with Gasteiger partial charge < -0.3 is 14.8 Å². The minimum atomic E-state index is -3.78. The van der Waals surface area contributed by atoms with Crippen LogP contribution in [-0.4, -0.2) is 50.5 Å². The third-order valence-corrected chi connectivity index (χ3v) is 7.96. The van der Waals surface area contributed by atoms with Crippen LogP contribution in [0.4, 0.5) is 0 Å². The number of carbonyl (C=O) groups is 1. The fraction of sp³-hybridized carbons (Fsp3) is 0.435. The summed E-state index contributed by atoms with van der Waals surface area (Å²) in [6.45, 7) is 6.46. The number of nitrogens with one attached hydrogen (secondary N) is 1. The predicted molar refractivity (Wildman–Crippen MR) is 117 cm³/mol. The van der Waals surface area contributed by atoms with E-state index >= 15 is 0 Å². The standard InChI is InChI=1S/C23H28N2O5S/c1-15-11-16(2)22(17(3)12-15)31(27,28)25-10-6-7-19(25)23(26)24-13-18-14-29-20-8-4-5-9-21(20)30-18/h4-5,8-9,11-12,18-19H,6-7,10,13-14H2,1-3H3,(H,24,26). The molecule has 1 N–H and O–H groups in total. The molecule has 4 rings (SSSR count). The topological polar surface area (TPSA) is 84.9 Å². The van der Waals surface area contributed by atoms with Crippen molar-refractivity contribution in [3.8, 4) is 11.5 Å². The van der Waals surface area contributed by atoms with E-state index in [4.69, 9.17) is 9.47 Å². The summed E-state index contributed by atoms with van der Waals surface area (Å²) in [5.74, 6) is 1.02. The molecule has 0 aliphatic carbocycles. The lowest BCUT2D eigenvalue weighted by Gasteiger charge is -2.28. The molecule has 8 heteroatoms. The van der Waals surface area contributed by atoms with E-state index in [1.807, 2.05) is 43.3 Å². The van der Waals surface area contributed by atoms with Gasteiger partial charge in [-0.3, -0.25) is 4.79 Å². The van der Waals surface area contributed by atoms with Gasteiger partial charge in [-0.2, -0.15) is 4.31 Å². The van der Waals surface area contributed by atoms with E-state index in [9.17, 15) is 13.2 Å². The molecule has 1 saturated heterocycles. The summed E-state index contributed by atoms with van der Waals surface area (Å²) in [6, 6.07) is 10.4. The zero-order valence-corrected chi connectivity index (χ0v) is 18.9. The summed E-state index contributed by atoms with van der Waals surface area (Å²) < 4.78 is 39.8. The van der Waals surface area contributed by atoms with Gasteiger partial charge in [-0.15, -0.1) is 0 Å². The second-order valence-electron chi connectivity index (χ2n) is 8.24. The molecule has 0 bridgehead atoms. The highest BCUT2D eigenvalue weighted by Gasteiger charge is 2.40. The number of carbonyl (C=O) groups excluding carboxylic acids is 1. The lowest BCUT2D eigenvalue weighted by Crippen LogP contribution is -2.49. The van der Waals surface area contributed by atoms with E-state index in [0.29, 0.717) is 53.5 Å². The van der Waals surface area contributed by atoms with Crippen LogP contribution in [0.1, 0.15) is 29.5 Å². The molecule has 166 valence electrons. The molecule has 2 aromatic rings. The number of amides is 1. The van der Waals surface area contributed by atoms with Crippen LogP contribution in [0.15, 0.2) is 41.3 Å². The summed E-state index contributed by atoms with van der Waals surface area (Å²) >= 11 is 0. The normalized spacial score (nSPS) is 21.1. The number of nitrogens with zero attached hydrogens (tertiary/aromatic N) is 1. The molecule has 0 aromatic heterocycles. The lowest BCUT2D eigenvalue weighted by molar-refractivity contribution is -0.124. The number of ether oxygens (including phenoxy) is 2. The Kier molecular flexibility index (Phi) is 5.94. The number of sulfonamides is 1. The molecule has 2 heterocycles. The Morgan fingerprint density at radius 3 is 2.52 bits per heavy atom. The Labute approximate surface area is 183 Å². The molecule has 2 aliphatic rings. The summed E-state index contributed by atoms with van der Waals surface area (Å²) in [7, 11) is -3.78. The van der Waals surface area contributed by atoms with Gasteiger partial charge in [0, 0.05) is 6.54 Å². The molecule has 31 heavy (non-hydrogen) atoms. The van der Waals surface area contributed by atoms with Crippen LogP contribution in [0, 0.1) is 20.8 Å². The fourth-order valence-electron chi connectivity index (χ4n) is 4.48. The van der Waals surface area contributed by atoms with Gasteiger partial charge in [0.1, 0.15) is 18.8 Å². The molecule has 2 aromatic carbocycles. The van der Waals surface area contributed by atoms with E-state index in [1.54, 1.807) is 13.8 Å². The van der Waals surface area contributed by atoms with Crippen molar-refractivity contribution in [2.45, 2.75) is 50.7 Å². The third kappa shape index (κ3) is 4.27. The number of fused-ring (bicyclic) bond motifs is 1. The van der Waals surface area contributed by atoms with E-state index in [2.05, 4.69) is 5.32 Å². The first-order valence-corrected chi connectivity index (χ1v) is 12.0. The van der Waals surface area contributed by atoms with E-state index in [1.165, 1.54) is 4.31 Å². The van der Waals surface area contributed by atoms with Crippen molar-refractivity contribution in [2.24, 2.45) is 0 Å². The van der Waals surface area contributed by atoms with Gasteiger partial charge in [-0.05, 0) is 56.9 Å². The smallest absolute Gasteiger partial charge is 0.244 e. The maximum absolute atomic E-state index is 13.4. The zero-order chi connectivity index (χ0) is 22.2. The lowest BCUT2D eigenvalue weighted by atomic mass is 10.1. The van der Waals surface area contributed by atoms with Gasteiger partial charge in [0.15, 0.2) is 11.5 Å². The van der Waals surface area contributed by atoms with Crippen LogP contribution in [0.2, 0.25) is 0 Å². The molecule has 1 fully saturated rings. The van der Waals surface area contributed by atoms with Crippen molar-refractivity contribution in [1.29, 1.82) is 0 Å². The fourth-order valence-corrected chi connectivity index (χ4v) is 6.55. The number of benzene rings is 2. The number of para-hydroxylation sites is 2. The minimum absolute atomic E-state index is 0.250. The maximum Gasteiger partial charge on any atom is 0.244 e. The molecule has 0 saturated carbocycles. The maximum atomic E-state index is 13.4. The van der Waals surface area contributed by atoms with Crippen LogP contribution >= 0.6 is 0 Å². The average molecular weight is 445 g/mol. The SMILES string of the molecule is Cc1cc(C)c(S(=O)(=O)N2CCCC2C(=O)NCC2COc3ccccc3O2)c(C)c1. The van der Waals surface area contributed by atoms with Crippen molar-refractivity contribution in [3.05, 3.63) is 53.1 Å². The van der Waals surface area contributed by atoms with Crippen LogP contribution in [0.25, 0.3) is 0 Å². The van der Waals surface area contributed by atoms with Gasteiger partial charge in [0.05, 0.1) is 11.4 Å². The van der Waals surface area contributed by atoms with Crippen LogP contribution in [0.3, 0.4) is 0 Å². The Morgan fingerprint density at radius 2 is 1.81 bits per heavy atom. The Hall–Kier alpha value is -2.58. The molecule has 2 atom stereocenters. The number of hydrogen-bond donors (Lipinski definition) is 1. The van der Waals surface area contributed by atoms with E-state index in [-0.39, 0.29) is 18.6 Å². The van der Waals surface area contributed by atoms with Crippen molar-refractivity contribution in [3.63, 3.8) is 0 Å². The average Bonchev–Trinajstić information content (AvgIpc) is 3.22. The molecule has 2 aliphatic heterocycles. The second kappa shape index (κ2) is 8.51. The Morgan fingerprint density at radius 1 is 1.13 bits per heavy atom. The zero-order valence-electron chi connectivity index (χ0n) is 18.1. The summed E-state index contributed by atoms with van der Waals surface area (Å²) in [6.07, 6.45) is 0.823. The van der Waals surface area contributed by atoms with Gasteiger partial charge in [0.2, 0.25) is 15.9 Å². The van der Waals surface area contributed by atoms with Crippen LogP contribution < -0.4 is 14.8 Å². The first-order valence-electron chi connectivity index (χ1n) is 10.5. The molecular formula is C23H28N2O5S. The van der Waals surface area contributed by atoms with Gasteiger partial charge >= 0.3 is 0 Å². The Bertz CT molecular complexity index is 1080. The second-order valence-corrected chi connectivity index (χ2v) is 10.1. The van der Waals surface area contributed by atoms with E-state index in [0.717, 1.165) is 5.56 Å². The van der Waals surface area contributed by atoms with Crippen molar-refractivity contribution < 1.29 is 22.7 Å². The monoisotopic (exact) mass is 444 g/mol. The minimum Gasteiger partial charge on any atom is -0.486 e. The molecule has 0 radical (unpaired) electrons. The molecule has 7 nitrogen and oxygen atoms in total. The number of aryl methyl sites for hydroxylation is 3. The largest absolute Gasteiger partial charge is 0.486 e. The number of rotatable bonds is 5. The van der Waals surface area contributed by atoms with Gasteiger partial charge in [-0.25, -0.2) is 8.42 Å². The first-order chi connectivity index (χ1) is 14.8. The van der Waals surface area contributed by atoms with Crippen molar-refractivity contribution in [2.75, 3.05) is 19.7 Å². The first kappa shape index (κ1) is 21.6. The molecule has 2 unspecified atom stereocenters. The number of hydrogen-bond acceptors (Lipinski definition) is 5. The van der Waals surface area contributed by atoms with E-state index < -0.39 is 16.1 Å². The Balaban J connectivity index is 1.45. The summed E-state index contributed by atoms with van der Waals surface area (Å²) in [4.78, 5) is 13.2. The van der Waals surface area contributed by atoms with Crippen molar-refractivity contribution in [1.82, 2.24) is 9.62 Å². The summed E-state index contributed by atoms with van der Waals surface area (Å²) in [5.41, 5.74) is 2.42. The van der Waals surface area contributed by atoms with Gasteiger partial charge in [-0.1, -0.05) is 29.8 Å². The quantitative estimate of drug-likeness (QED) is 0.767. The van der Waals surface area contributed by atoms with Crippen LogP contribution in [-0.2, 0) is 14.8 Å². The third-order valence-electron chi connectivity index (χ3n) is 5.75. The molecule has 1 amide bonds. The van der Waals surface area contributed by atoms with Crippen LogP contribution in [0.5, 0.6) is 11.5 Å². The highest BCUT2D eigenvalue weighted by Crippen LogP contribution is 2.32. The molecule has 0 spiro atoms. The van der Waals surface area contributed by atoms with Gasteiger partial charge in [0.25, 0.3) is 0 Å². The summed E-state index contributed by atoms with van der Waals surface area (Å²) in [5, 5.41) is 2.87.